The van der Waals surface area contributed by atoms with Crippen LogP contribution in [0, 0.1) is 0 Å². The number of benzene rings is 2. The molecule has 0 saturated carbocycles. The zero-order valence-electron chi connectivity index (χ0n) is 19.1. The van der Waals surface area contributed by atoms with Crippen LogP contribution in [0.3, 0.4) is 0 Å². The van der Waals surface area contributed by atoms with Crippen molar-refractivity contribution in [1.29, 1.82) is 0 Å². The third-order valence-corrected chi connectivity index (χ3v) is 5.26. The van der Waals surface area contributed by atoms with Gasteiger partial charge in [0.05, 0.1) is 6.61 Å². The minimum absolute atomic E-state index is 0.0896. The van der Waals surface area contributed by atoms with Gasteiger partial charge in [0, 0.05) is 32.3 Å². The first-order valence-electron chi connectivity index (χ1n) is 11.0. The maximum Gasteiger partial charge on any atom is 0.410 e. The third-order valence-electron chi connectivity index (χ3n) is 5.26. The Kier molecular flexibility index (Phi) is 7.70. The minimum Gasteiger partial charge on any atom is -0.444 e. The van der Waals surface area contributed by atoms with Gasteiger partial charge in [-0.2, -0.15) is 0 Å². The first kappa shape index (κ1) is 23.5. The zero-order chi connectivity index (χ0) is 23.1. The van der Waals surface area contributed by atoms with E-state index in [0.29, 0.717) is 26.1 Å². The van der Waals surface area contributed by atoms with E-state index in [1.165, 1.54) is 0 Å². The fraction of sp³-hybridized carbons (Fsp3) is 0.385. The van der Waals surface area contributed by atoms with Gasteiger partial charge in [0.25, 0.3) is 0 Å². The number of amides is 2. The predicted octanol–water partition coefficient (Wildman–Crippen LogP) is 4.01. The Bertz CT molecular complexity index is 964. The van der Waals surface area contributed by atoms with Gasteiger partial charge in [-0.3, -0.25) is 4.79 Å². The van der Waals surface area contributed by atoms with Gasteiger partial charge in [0.15, 0.2) is 0 Å². The van der Waals surface area contributed by atoms with Crippen LogP contribution in [-0.4, -0.2) is 52.2 Å². The summed E-state index contributed by atoms with van der Waals surface area (Å²) in [5.74, 6) is -0.147. The van der Waals surface area contributed by atoms with Crippen molar-refractivity contribution in [1.82, 2.24) is 9.80 Å². The lowest BCUT2D eigenvalue weighted by Crippen LogP contribution is -2.40. The van der Waals surface area contributed by atoms with Crippen molar-refractivity contribution >= 4 is 18.1 Å². The van der Waals surface area contributed by atoms with Crippen LogP contribution in [0.4, 0.5) is 4.79 Å². The lowest BCUT2D eigenvalue weighted by Gasteiger charge is -2.31. The second-order valence-corrected chi connectivity index (χ2v) is 8.94. The molecule has 0 aromatic heterocycles. The van der Waals surface area contributed by atoms with E-state index in [1.807, 2.05) is 75.4 Å². The second kappa shape index (κ2) is 10.5. The number of aliphatic hydroxyl groups excluding tert-OH is 1. The topological polar surface area (TPSA) is 70.1 Å². The van der Waals surface area contributed by atoms with Crippen molar-refractivity contribution in [2.24, 2.45) is 0 Å². The van der Waals surface area contributed by atoms with Crippen molar-refractivity contribution < 1.29 is 19.4 Å². The van der Waals surface area contributed by atoms with Crippen molar-refractivity contribution in [3.05, 3.63) is 76.9 Å². The van der Waals surface area contributed by atoms with Crippen LogP contribution in [0.1, 0.15) is 43.0 Å². The molecule has 0 spiro atoms. The van der Waals surface area contributed by atoms with Gasteiger partial charge in [-0.25, -0.2) is 4.79 Å². The molecule has 0 saturated heterocycles. The van der Waals surface area contributed by atoms with Gasteiger partial charge < -0.3 is 19.6 Å². The van der Waals surface area contributed by atoms with E-state index in [4.69, 9.17) is 4.74 Å². The summed E-state index contributed by atoms with van der Waals surface area (Å²) < 4.78 is 5.50. The quantitative estimate of drug-likeness (QED) is 0.695. The molecule has 170 valence electrons. The molecule has 6 heteroatoms. The van der Waals surface area contributed by atoms with Crippen molar-refractivity contribution in [3.8, 4) is 0 Å². The molecule has 1 aliphatic rings. The monoisotopic (exact) mass is 436 g/mol. The Labute approximate surface area is 190 Å². The van der Waals surface area contributed by atoms with Crippen LogP contribution in [0.15, 0.2) is 54.6 Å². The van der Waals surface area contributed by atoms with E-state index in [-0.39, 0.29) is 25.2 Å². The van der Waals surface area contributed by atoms with Crippen molar-refractivity contribution in [3.63, 3.8) is 0 Å². The third kappa shape index (κ3) is 6.44. The lowest BCUT2D eigenvalue weighted by molar-refractivity contribution is -0.127. The van der Waals surface area contributed by atoms with Gasteiger partial charge in [0.2, 0.25) is 5.91 Å². The highest BCUT2D eigenvalue weighted by atomic mass is 16.6. The standard InChI is InChI=1S/C26H32N2O4/c1-26(2,3)32-25(31)28-15-14-23-21(10-7-11-22(23)19-28)12-13-24(30)27(16-17-29)18-20-8-5-4-6-9-20/h4-13,29H,14-19H2,1-3H3/b13-12+. The molecule has 2 aromatic rings. The summed E-state index contributed by atoms with van der Waals surface area (Å²) in [5.41, 5.74) is 3.68. The van der Waals surface area contributed by atoms with Crippen LogP contribution < -0.4 is 0 Å². The van der Waals surface area contributed by atoms with E-state index in [1.54, 1.807) is 15.9 Å². The highest BCUT2D eigenvalue weighted by molar-refractivity contribution is 5.92. The Morgan fingerprint density at radius 2 is 1.88 bits per heavy atom. The van der Waals surface area contributed by atoms with Crippen LogP contribution in [0.25, 0.3) is 6.08 Å². The van der Waals surface area contributed by atoms with Gasteiger partial charge in [-0.05, 0) is 55.5 Å². The first-order valence-corrected chi connectivity index (χ1v) is 11.0. The minimum atomic E-state index is -0.525. The lowest BCUT2D eigenvalue weighted by atomic mass is 9.94. The van der Waals surface area contributed by atoms with E-state index in [0.717, 1.165) is 22.3 Å². The van der Waals surface area contributed by atoms with Crippen LogP contribution in [0.5, 0.6) is 0 Å². The molecule has 0 aliphatic carbocycles. The highest BCUT2D eigenvalue weighted by Gasteiger charge is 2.26. The molecule has 0 radical (unpaired) electrons. The van der Waals surface area contributed by atoms with E-state index < -0.39 is 5.60 Å². The Morgan fingerprint density at radius 3 is 2.56 bits per heavy atom. The van der Waals surface area contributed by atoms with Crippen LogP contribution in [-0.2, 0) is 29.0 Å². The highest BCUT2D eigenvalue weighted by Crippen LogP contribution is 2.25. The molecule has 1 heterocycles. The smallest absolute Gasteiger partial charge is 0.410 e. The van der Waals surface area contributed by atoms with E-state index in [9.17, 15) is 14.7 Å². The number of carbonyl (C=O) groups excluding carboxylic acids is 2. The summed E-state index contributed by atoms with van der Waals surface area (Å²) in [5, 5.41) is 9.39. The second-order valence-electron chi connectivity index (χ2n) is 8.94. The summed E-state index contributed by atoms with van der Waals surface area (Å²) in [6, 6.07) is 15.7. The van der Waals surface area contributed by atoms with Gasteiger partial charge in [-0.1, -0.05) is 48.5 Å². The summed E-state index contributed by atoms with van der Waals surface area (Å²) in [6.45, 7) is 7.28. The van der Waals surface area contributed by atoms with Gasteiger partial charge >= 0.3 is 6.09 Å². The first-order chi connectivity index (χ1) is 15.3. The number of fused-ring (bicyclic) bond motifs is 1. The zero-order valence-corrected chi connectivity index (χ0v) is 19.1. The molecule has 3 rings (SSSR count). The molecule has 2 amide bonds. The molecular formula is C26H32N2O4. The van der Waals surface area contributed by atoms with E-state index >= 15 is 0 Å². The Morgan fingerprint density at radius 1 is 1.12 bits per heavy atom. The maximum atomic E-state index is 12.8. The number of aliphatic hydroxyl groups is 1. The summed E-state index contributed by atoms with van der Waals surface area (Å²) in [6.07, 6.45) is 3.79. The fourth-order valence-electron chi connectivity index (χ4n) is 3.74. The maximum absolute atomic E-state index is 12.8. The van der Waals surface area contributed by atoms with Crippen LogP contribution in [0.2, 0.25) is 0 Å². The molecule has 0 unspecified atom stereocenters. The molecule has 1 aliphatic heterocycles. The molecule has 0 fully saturated rings. The molecule has 1 N–H and O–H groups in total. The Balaban J connectivity index is 1.71. The molecule has 0 bridgehead atoms. The van der Waals surface area contributed by atoms with Crippen LogP contribution >= 0.6 is 0 Å². The number of hydrogen-bond donors (Lipinski definition) is 1. The summed E-state index contributed by atoms with van der Waals surface area (Å²) in [4.78, 5) is 28.6. The average molecular weight is 437 g/mol. The molecule has 2 aromatic carbocycles. The largest absolute Gasteiger partial charge is 0.444 e. The van der Waals surface area contributed by atoms with Gasteiger partial charge in [0.1, 0.15) is 5.60 Å². The Hall–Kier alpha value is -3.12. The number of hydrogen-bond acceptors (Lipinski definition) is 4. The van der Waals surface area contributed by atoms with Crippen molar-refractivity contribution in [2.45, 2.75) is 45.9 Å². The number of ether oxygens (including phenoxy) is 1. The van der Waals surface area contributed by atoms with E-state index in [2.05, 4.69) is 0 Å². The molecular weight excluding hydrogens is 404 g/mol. The number of carbonyl (C=O) groups is 2. The predicted molar refractivity (Wildman–Crippen MR) is 125 cm³/mol. The summed E-state index contributed by atoms with van der Waals surface area (Å²) in [7, 11) is 0. The summed E-state index contributed by atoms with van der Waals surface area (Å²) >= 11 is 0. The van der Waals surface area contributed by atoms with Crippen molar-refractivity contribution in [2.75, 3.05) is 19.7 Å². The molecule has 6 nitrogen and oxygen atoms in total. The molecule has 0 atom stereocenters. The number of nitrogens with zero attached hydrogens (tertiary/aromatic N) is 2. The molecule has 32 heavy (non-hydrogen) atoms. The SMILES string of the molecule is CC(C)(C)OC(=O)N1CCc2c(/C=C/C(=O)N(CCO)Cc3ccccc3)cccc2C1. The average Bonchev–Trinajstić information content (AvgIpc) is 2.76. The van der Waals surface area contributed by atoms with Gasteiger partial charge in [-0.15, -0.1) is 0 Å². The normalized spacial score (nSPS) is 13.7. The number of rotatable bonds is 6. The fourth-order valence-corrected chi connectivity index (χ4v) is 3.74.